The Morgan fingerprint density at radius 2 is 1.77 bits per heavy atom. The number of carbonyl (C=O) groups excluding carboxylic acids is 1. The first-order valence-corrected chi connectivity index (χ1v) is 13.0. The van der Waals surface area contributed by atoms with E-state index >= 15 is 0 Å². The van der Waals surface area contributed by atoms with Gasteiger partial charge in [-0.05, 0) is 37.1 Å². The van der Waals surface area contributed by atoms with Gasteiger partial charge < -0.3 is 9.80 Å². The summed E-state index contributed by atoms with van der Waals surface area (Å²) in [6, 6.07) is 12.3. The summed E-state index contributed by atoms with van der Waals surface area (Å²) in [5.41, 5.74) is 2.28. The predicted molar refractivity (Wildman–Crippen MR) is 147 cm³/mol. The third kappa shape index (κ3) is 4.86. The minimum Gasteiger partial charge on any atom is -0.368 e. The molecule has 2 aliphatic heterocycles. The maximum Gasteiger partial charge on any atom is 0.270 e. The molecule has 182 valence electrons. The van der Waals surface area contributed by atoms with Gasteiger partial charge in [0.1, 0.15) is 21.8 Å². The Bertz CT molecular complexity index is 1270. The zero-order valence-electron chi connectivity index (χ0n) is 20.3. The lowest BCUT2D eigenvalue weighted by atomic mass is 10.0. The average molecular weight is 508 g/mol. The van der Waals surface area contributed by atoms with Crippen LogP contribution in [0, 0.1) is 18.3 Å². The third-order valence-corrected chi connectivity index (χ3v) is 7.93. The lowest BCUT2D eigenvalue weighted by Crippen LogP contribution is -2.48. The van der Waals surface area contributed by atoms with E-state index in [1.54, 1.807) is 23.4 Å². The van der Waals surface area contributed by atoms with E-state index in [9.17, 15) is 14.9 Å². The number of rotatable bonds is 6. The second kappa shape index (κ2) is 10.7. The molecule has 9 heteroatoms. The number of benzene rings is 1. The molecule has 4 rings (SSSR count). The van der Waals surface area contributed by atoms with Crippen LogP contribution < -0.4 is 15.4 Å². The number of hydrogen-bond donors (Lipinski definition) is 0. The van der Waals surface area contributed by atoms with Crippen LogP contribution in [0.4, 0.5) is 11.5 Å². The van der Waals surface area contributed by atoms with Crippen molar-refractivity contribution in [3.8, 4) is 6.07 Å². The molecule has 2 saturated heterocycles. The first kappa shape index (κ1) is 25.0. The molecule has 0 spiro atoms. The molecule has 0 radical (unpaired) electrons. The summed E-state index contributed by atoms with van der Waals surface area (Å²) in [6.45, 7) is 7.49. The number of hydrogen-bond acceptors (Lipinski definition) is 7. The van der Waals surface area contributed by atoms with Crippen LogP contribution >= 0.6 is 24.0 Å². The van der Waals surface area contributed by atoms with E-state index in [0.717, 1.165) is 37.3 Å². The molecule has 2 aliphatic rings. The van der Waals surface area contributed by atoms with Crippen LogP contribution in [0.5, 0.6) is 0 Å². The maximum atomic E-state index is 13.1. The molecule has 35 heavy (non-hydrogen) atoms. The normalized spacial score (nSPS) is 17.4. The Hall–Kier alpha value is -3.09. The third-order valence-electron chi connectivity index (χ3n) is 6.55. The van der Waals surface area contributed by atoms with E-state index in [2.05, 4.69) is 34.9 Å². The maximum absolute atomic E-state index is 13.1. The highest BCUT2D eigenvalue weighted by Crippen LogP contribution is 2.36. The van der Waals surface area contributed by atoms with Crippen molar-refractivity contribution in [2.45, 2.75) is 26.7 Å². The number of pyridine rings is 1. The minimum atomic E-state index is -0.321. The number of nitriles is 1. The van der Waals surface area contributed by atoms with Crippen LogP contribution in [0.15, 0.2) is 40.0 Å². The summed E-state index contributed by atoms with van der Waals surface area (Å²) in [6.07, 6.45) is 3.68. The first-order valence-electron chi connectivity index (χ1n) is 11.8. The Balaban J connectivity index is 1.72. The molecule has 3 heterocycles. The van der Waals surface area contributed by atoms with Crippen molar-refractivity contribution in [3.05, 3.63) is 62.3 Å². The fraction of sp³-hybridized carbons (Fsp3) is 0.385. The summed E-state index contributed by atoms with van der Waals surface area (Å²) in [7, 11) is 1.70. The minimum absolute atomic E-state index is 0.104. The van der Waals surface area contributed by atoms with Crippen molar-refractivity contribution in [1.29, 1.82) is 5.26 Å². The van der Waals surface area contributed by atoms with Gasteiger partial charge in [-0.3, -0.25) is 19.1 Å². The molecule has 0 atom stereocenters. The molecule has 1 aromatic carbocycles. The summed E-state index contributed by atoms with van der Waals surface area (Å²) < 4.78 is 2.10. The van der Waals surface area contributed by atoms with Gasteiger partial charge in [0, 0.05) is 51.0 Å². The Morgan fingerprint density at radius 1 is 1.11 bits per heavy atom. The number of carbonyl (C=O) groups is 1. The number of thioether (sulfide) groups is 1. The van der Waals surface area contributed by atoms with Crippen molar-refractivity contribution in [2.75, 3.05) is 42.5 Å². The molecule has 0 N–H and O–H groups in total. The van der Waals surface area contributed by atoms with Crippen LogP contribution in [-0.4, -0.2) is 52.4 Å². The highest BCUT2D eigenvalue weighted by molar-refractivity contribution is 8.26. The monoisotopic (exact) mass is 507 g/mol. The molecule has 0 unspecified atom stereocenters. The Labute approximate surface area is 215 Å². The highest BCUT2D eigenvalue weighted by atomic mass is 32.2. The fourth-order valence-electron chi connectivity index (χ4n) is 4.55. The lowest BCUT2D eigenvalue weighted by molar-refractivity contribution is -0.122. The standard InChI is InChI=1S/C26H29N5O2S2/c1-4-5-11-31-25(33)22(35-26(31)34)16-20-18(2)21(17-27)24(32)28(3)23(20)30-14-12-29(13-15-30)19-9-7-6-8-10-19/h6-10,16H,4-5,11-15H2,1-3H3/b22-16-. The molecule has 0 aliphatic carbocycles. The lowest BCUT2D eigenvalue weighted by Gasteiger charge is -2.38. The molecule has 2 aromatic rings. The second-order valence-corrected chi connectivity index (χ2v) is 10.4. The summed E-state index contributed by atoms with van der Waals surface area (Å²) in [5, 5.41) is 9.70. The number of anilines is 2. The fourth-order valence-corrected chi connectivity index (χ4v) is 5.84. The number of nitrogens with zero attached hydrogens (tertiary/aromatic N) is 5. The smallest absolute Gasteiger partial charge is 0.270 e. The topological polar surface area (TPSA) is 72.6 Å². The number of thiocarbonyl (C=S) groups is 1. The number of piperazine rings is 1. The van der Waals surface area contributed by atoms with Crippen LogP contribution in [0.1, 0.15) is 36.5 Å². The molecule has 0 bridgehead atoms. The molecule has 2 fully saturated rings. The number of para-hydroxylation sites is 1. The summed E-state index contributed by atoms with van der Waals surface area (Å²) >= 11 is 6.76. The molecule has 1 aromatic heterocycles. The van der Waals surface area contributed by atoms with Crippen LogP contribution in [0.3, 0.4) is 0 Å². The van der Waals surface area contributed by atoms with Crippen molar-refractivity contribution in [1.82, 2.24) is 9.47 Å². The Kier molecular flexibility index (Phi) is 7.63. The zero-order valence-corrected chi connectivity index (χ0v) is 21.9. The molecule has 7 nitrogen and oxygen atoms in total. The quantitative estimate of drug-likeness (QED) is 0.434. The van der Waals surface area contributed by atoms with E-state index < -0.39 is 0 Å². The van der Waals surface area contributed by atoms with Crippen LogP contribution in [0.2, 0.25) is 0 Å². The van der Waals surface area contributed by atoms with E-state index in [0.29, 0.717) is 34.4 Å². The van der Waals surface area contributed by atoms with Gasteiger partial charge in [-0.1, -0.05) is 55.5 Å². The molecular weight excluding hydrogens is 478 g/mol. The van der Waals surface area contributed by atoms with Crippen molar-refractivity contribution < 1.29 is 4.79 Å². The van der Waals surface area contributed by atoms with Gasteiger partial charge >= 0.3 is 0 Å². The Morgan fingerprint density at radius 3 is 2.40 bits per heavy atom. The van der Waals surface area contributed by atoms with E-state index in [4.69, 9.17) is 12.2 Å². The van der Waals surface area contributed by atoms with Gasteiger partial charge in [-0.2, -0.15) is 5.26 Å². The average Bonchev–Trinajstić information content (AvgIpc) is 3.14. The van der Waals surface area contributed by atoms with Gasteiger partial charge in [-0.15, -0.1) is 0 Å². The van der Waals surface area contributed by atoms with Crippen LogP contribution in [-0.2, 0) is 11.8 Å². The van der Waals surface area contributed by atoms with Crippen LogP contribution in [0.25, 0.3) is 6.08 Å². The molecule has 0 saturated carbocycles. The van der Waals surface area contributed by atoms with Crippen molar-refractivity contribution in [2.24, 2.45) is 7.05 Å². The van der Waals surface area contributed by atoms with E-state index in [1.165, 1.54) is 17.4 Å². The van der Waals surface area contributed by atoms with E-state index in [1.807, 2.05) is 24.3 Å². The number of unbranched alkanes of at least 4 members (excludes halogenated alkanes) is 1. The summed E-state index contributed by atoms with van der Waals surface area (Å²) in [5.74, 6) is 0.623. The number of aromatic nitrogens is 1. The van der Waals surface area contributed by atoms with Gasteiger partial charge in [0.05, 0.1) is 4.91 Å². The van der Waals surface area contributed by atoms with Crippen molar-refractivity contribution in [3.63, 3.8) is 0 Å². The van der Waals surface area contributed by atoms with E-state index in [-0.39, 0.29) is 17.0 Å². The zero-order chi connectivity index (χ0) is 25.1. The first-order chi connectivity index (χ1) is 16.9. The molecular formula is C26H29N5O2S2. The predicted octanol–water partition coefficient (Wildman–Crippen LogP) is 3.89. The van der Waals surface area contributed by atoms with Gasteiger partial charge in [0.25, 0.3) is 11.5 Å². The largest absolute Gasteiger partial charge is 0.368 e. The number of amides is 1. The van der Waals surface area contributed by atoms with Gasteiger partial charge in [0.2, 0.25) is 0 Å². The van der Waals surface area contributed by atoms with Gasteiger partial charge in [0.15, 0.2) is 0 Å². The van der Waals surface area contributed by atoms with Crippen molar-refractivity contribution >= 4 is 51.8 Å². The highest BCUT2D eigenvalue weighted by Gasteiger charge is 2.33. The van der Waals surface area contributed by atoms with Gasteiger partial charge in [-0.25, -0.2) is 0 Å². The SMILES string of the molecule is CCCCN1C(=O)/C(=C/c2c(C)c(C#N)c(=O)n(C)c2N2CCN(c3ccccc3)CC2)SC1=S. The second-order valence-electron chi connectivity index (χ2n) is 8.71. The molecule has 1 amide bonds. The summed E-state index contributed by atoms with van der Waals surface area (Å²) in [4.78, 5) is 32.8.